The van der Waals surface area contributed by atoms with Crippen LogP contribution in [0.3, 0.4) is 0 Å². The highest BCUT2D eigenvalue weighted by atomic mass is 35.5. The molecule has 0 saturated carbocycles. The second-order valence-corrected chi connectivity index (χ2v) is 4.84. The van der Waals surface area contributed by atoms with E-state index < -0.39 is 0 Å². The van der Waals surface area contributed by atoms with E-state index in [1.54, 1.807) is 6.07 Å². The third-order valence-corrected chi connectivity index (χ3v) is 3.21. The Labute approximate surface area is 118 Å². The van der Waals surface area contributed by atoms with Crippen LogP contribution in [0.15, 0.2) is 12.1 Å². The van der Waals surface area contributed by atoms with Crippen LogP contribution in [0.4, 0.5) is 0 Å². The monoisotopic (exact) mass is 279 g/mol. The minimum atomic E-state index is 0.384. The highest BCUT2D eigenvalue weighted by Crippen LogP contribution is 2.16. The molecular weight excluding hydrogens is 262 g/mol. The van der Waals surface area contributed by atoms with Crippen molar-refractivity contribution < 1.29 is 0 Å². The molecular formula is C13H18ClN5. The minimum absolute atomic E-state index is 0.384. The molecule has 0 radical (unpaired) electrons. The molecule has 0 aliphatic carbocycles. The van der Waals surface area contributed by atoms with Gasteiger partial charge in [-0.25, -0.2) is 4.68 Å². The first-order chi connectivity index (χ1) is 9.13. The number of hydrogen-bond acceptors (Lipinski definition) is 4. The van der Waals surface area contributed by atoms with Crippen LogP contribution in [0.5, 0.6) is 0 Å². The lowest BCUT2D eigenvalue weighted by atomic mass is 10.2. The SMILES string of the molecule is CCCNCc1c(C)nn(-c2ccc(Cl)nn2)c1C. The predicted octanol–water partition coefficient (Wildman–Crippen LogP) is 2.43. The molecule has 0 aliphatic heterocycles. The van der Waals surface area contributed by atoms with Gasteiger partial charge in [-0.15, -0.1) is 10.2 Å². The molecule has 2 heterocycles. The van der Waals surface area contributed by atoms with Gasteiger partial charge in [-0.3, -0.25) is 0 Å². The summed E-state index contributed by atoms with van der Waals surface area (Å²) in [4.78, 5) is 0. The van der Waals surface area contributed by atoms with Crippen molar-refractivity contribution in [3.05, 3.63) is 34.2 Å². The van der Waals surface area contributed by atoms with E-state index in [1.165, 1.54) is 5.56 Å². The first kappa shape index (κ1) is 14.0. The van der Waals surface area contributed by atoms with Crippen LogP contribution in [-0.4, -0.2) is 26.5 Å². The standard InChI is InChI=1S/C13H18ClN5/c1-4-7-15-8-11-9(2)18-19(10(11)3)13-6-5-12(14)16-17-13/h5-6,15H,4,7-8H2,1-3H3. The van der Waals surface area contributed by atoms with E-state index in [1.807, 2.05) is 24.6 Å². The predicted molar refractivity (Wildman–Crippen MR) is 75.6 cm³/mol. The molecule has 0 atom stereocenters. The lowest BCUT2D eigenvalue weighted by Crippen LogP contribution is -2.15. The zero-order chi connectivity index (χ0) is 13.8. The van der Waals surface area contributed by atoms with E-state index in [9.17, 15) is 0 Å². The molecule has 2 aromatic rings. The van der Waals surface area contributed by atoms with Crippen molar-refractivity contribution in [3.63, 3.8) is 0 Å². The van der Waals surface area contributed by atoms with Crippen LogP contribution < -0.4 is 5.32 Å². The maximum Gasteiger partial charge on any atom is 0.176 e. The third kappa shape index (κ3) is 3.11. The van der Waals surface area contributed by atoms with Gasteiger partial charge in [0.05, 0.1) is 5.69 Å². The Morgan fingerprint density at radius 3 is 2.68 bits per heavy atom. The number of nitrogens with zero attached hydrogens (tertiary/aromatic N) is 4. The molecule has 19 heavy (non-hydrogen) atoms. The van der Waals surface area contributed by atoms with Gasteiger partial charge in [0, 0.05) is 17.8 Å². The first-order valence-electron chi connectivity index (χ1n) is 6.39. The van der Waals surface area contributed by atoms with Gasteiger partial charge in [0.2, 0.25) is 0 Å². The smallest absolute Gasteiger partial charge is 0.176 e. The fourth-order valence-corrected chi connectivity index (χ4v) is 2.07. The number of rotatable bonds is 5. The van der Waals surface area contributed by atoms with Crippen molar-refractivity contribution in [2.75, 3.05) is 6.54 Å². The van der Waals surface area contributed by atoms with E-state index in [4.69, 9.17) is 11.6 Å². The molecule has 1 N–H and O–H groups in total. The summed E-state index contributed by atoms with van der Waals surface area (Å²) < 4.78 is 1.81. The molecule has 0 aromatic carbocycles. The molecule has 0 unspecified atom stereocenters. The van der Waals surface area contributed by atoms with Crippen LogP contribution in [0, 0.1) is 13.8 Å². The van der Waals surface area contributed by atoms with Crippen LogP contribution in [0.1, 0.15) is 30.3 Å². The Hall–Kier alpha value is -1.46. The quantitative estimate of drug-likeness (QED) is 0.854. The maximum atomic E-state index is 5.75. The largest absolute Gasteiger partial charge is 0.313 e. The minimum Gasteiger partial charge on any atom is -0.313 e. The van der Waals surface area contributed by atoms with Gasteiger partial charge in [-0.05, 0) is 38.9 Å². The second kappa shape index (κ2) is 6.12. The second-order valence-electron chi connectivity index (χ2n) is 4.45. The van der Waals surface area contributed by atoms with E-state index >= 15 is 0 Å². The third-order valence-electron chi connectivity index (χ3n) is 3.00. The van der Waals surface area contributed by atoms with E-state index in [-0.39, 0.29) is 0 Å². The summed E-state index contributed by atoms with van der Waals surface area (Å²) in [5, 5.41) is 16.2. The highest BCUT2D eigenvalue weighted by molar-refractivity contribution is 6.29. The first-order valence-corrected chi connectivity index (χ1v) is 6.76. The highest BCUT2D eigenvalue weighted by Gasteiger charge is 2.13. The molecule has 6 heteroatoms. The summed E-state index contributed by atoms with van der Waals surface area (Å²) in [5.41, 5.74) is 3.31. The summed E-state index contributed by atoms with van der Waals surface area (Å²) in [6.07, 6.45) is 1.12. The van der Waals surface area contributed by atoms with Crippen LogP contribution in [0.2, 0.25) is 5.15 Å². The Morgan fingerprint density at radius 1 is 1.26 bits per heavy atom. The lowest BCUT2D eigenvalue weighted by molar-refractivity contribution is 0.670. The summed E-state index contributed by atoms with van der Waals surface area (Å²) >= 11 is 5.75. The average molecular weight is 280 g/mol. The Balaban J connectivity index is 2.27. The summed E-state index contributed by atoms with van der Waals surface area (Å²) in [7, 11) is 0. The molecule has 0 spiro atoms. The number of halogens is 1. The average Bonchev–Trinajstić information content (AvgIpc) is 2.68. The van der Waals surface area contributed by atoms with E-state index in [2.05, 4.69) is 27.5 Å². The molecule has 0 bridgehead atoms. The van der Waals surface area contributed by atoms with Crippen molar-refractivity contribution in [1.29, 1.82) is 0 Å². The Kier molecular flexibility index (Phi) is 4.50. The van der Waals surface area contributed by atoms with Gasteiger partial charge in [0.1, 0.15) is 0 Å². The van der Waals surface area contributed by atoms with Crippen molar-refractivity contribution in [3.8, 4) is 5.82 Å². The van der Waals surface area contributed by atoms with Crippen molar-refractivity contribution in [2.24, 2.45) is 0 Å². The number of aromatic nitrogens is 4. The zero-order valence-electron chi connectivity index (χ0n) is 11.4. The van der Waals surface area contributed by atoms with Gasteiger partial charge in [-0.2, -0.15) is 5.10 Å². The summed E-state index contributed by atoms with van der Waals surface area (Å²) in [6, 6.07) is 3.54. The van der Waals surface area contributed by atoms with Crippen molar-refractivity contribution in [2.45, 2.75) is 33.7 Å². The molecule has 2 aromatic heterocycles. The van der Waals surface area contributed by atoms with Gasteiger partial charge < -0.3 is 5.32 Å². The van der Waals surface area contributed by atoms with Crippen molar-refractivity contribution >= 4 is 11.6 Å². The number of hydrogen-bond donors (Lipinski definition) is 1. The van der Waals surface area contributed by atoms with Crippen LogP contribution in [-0.2, 0) is 6.54 Å². The molecule has 0 amide bonds. The van der Waals surface area contributed by atoms with Crippen molar-refractivity contribution in [1.82, 2.24) is 25.3 Å². The number of aryl methyl sites for hydroxylation is 1. The summed E-state index contributed by atoms with van der Waals surface area (Å²) in [6.45, 7) is 8.03. The summed E-state index contributed by atoms with van der Waals surface area (Å²) in [5.74, 6) is 0.687. The van der Waals surface area contributed by atoms with Gasteiger partial charge in [-0.1, -0.05) is 18.5 Å². The molecule has 0 saturated heterocycles. The van der Waals surface area contributed by atoms with E-state index in [0.717, 1.165) is 30.9 Å². The molecule has 2 rings (SSSR count). The Bertz CT molecular complexity index is 547. The van der Waals surface area contributed by atoms with Crippen LogP contribution >= 0.6 is 11.6 Å². The molecule has 102 valence electrons. The van der Waals surface area contributed by atoms with Crippen LogP contribution in [0.25, 0.3) is 5.82 Å². The van der Waals surface area contributed by atoms with Gasteiger partial charge in [0.25, 0.3) is 0 Å². The zero-order valence-corrected chi connectivity index (χ0v) is 12.2. The van der Waals surface area contributed by atoms with Gasteiger partial charge >= 0.3 is 0 Å². The normalized spacial score (nSPS) is 10.9. The fraction of sp³-hybridized carbons (Fsp3) is 0.462. The molecule has 0 fully saturated rings. The Morgan fingerprint density at radius 2 is 2.05 bits per heavy atom. The molecule has 5 nitrogen and oxygen atoms in total. The van der Waals surface area contributed by atoms with Gasteiger partial charge in [0.15, 0.2) is 11.0 Å². The lowest BCUT2D eigenvalue weighted by Gasteiger charge is -2.05. The topological polar surface area (TPSA) is 55.6 Å². The molecule has 0 aliphatic rings. The fourth-order valence-electron chi connectivity index (χ4n) is 1.97. The van der Waals surface area contributed by atoms with E-state index in [0.29, 0.717) is 11.0 Å². The number of nitrogens with one attached hydrogen (secondary N) is 1. The maximum absolute atomic E-state index is 5.75.